The van der Waals surface area contributed by atoms with Gasteiger partial charge in [0.05, 0.1) is 4.91 Å². The Morgan fingerprint density at radius 3 is 2.81 bits per heavy atom. The topological polar surface area (TPSA) is 67.8 Å². The molecule has 0 saturated carbocycles. The van der Waals surface area contributed by atoms with Gasteiger partial charge in [-0.2, -0.15) is 4.99 Å². The van der Waals surface area contributed by atoms with Crippen molar-refractivity contribution >= 4 is 58.0 Å². The van der Waals surface area contributed by atoms with E-state index in [1.807, 2.05) is 24.3 Å². The fraction of sp³-hybridized carbons (Fsp3) is 0.105. The molecule has 27 heavy (non-hydrogen) atoms. The summed E-state index contributed by atoms with van der Waals surface area (Å²) in [5.74, 6) is -0.0246. The van der Waals surface area contributed by atoms with Crippen LogP contribution >= 0.6 is 35.0 Å². The molecule has 0 atom stereocenters. The van der Waals surface area contributed by atoms with Gasteiger partial charge in [0.25, 0.3) is 5.91 Å². The van der Waals surface area contributed by atoms with Crippen molar-refractivity contribution < 1.29 is 14.3 Å². The lowest BCUT2D eigenvalue weighted by Crippen LogP contribution is -2.23. The Bertz CT molecular complexity index is 973. The predicted molar refractivity (Wildman–Crippen MR) is 109 cm³/mol. The lowest BCUT2D eigenvalue weighted by Gasteiger charge is -2.09. The lowest BCUT2D eigenvalue weighted by atomic mass is 10.2. The normalized spacial score (nSPS) is 15.0. The van der Waals surface area contributed by atoms with Gasteiger partial charge in [-0.3, -0.25) is 9.59 Å². The Hall–Kier alpha value is -2.28. The minimum atomic E-state index is -0.386. The van der Waals surface area contributed by atoms with Crippen LogP contribution in [0.2, 0.25) is 10.0 Å². The molecule has 0 aliphatic carbocycles. The number of nitrogens with zero attached hydrogens (tertiary/aromatic N) is 1. The van der Waals surface area contributed by atoms with Gasteiger partial charge in [0.1, 0.15) is 12.4 Å². The number of carbonyl (C=O) groups is 2. The number of aliphatic imine (C=N–C) groups is 1. The number of nitrogens with one attached hydrogen (secondary N) is 1. The number of hydrogen-bond donors (Lipinski definition) is 1. The van der Waals surface area contributed by atoms with Crippen LogP contribution in [0.5, 0.6) is 5.75 Å². The van der Waals surface area contributed by atoms with Crippen molar-refractivity contribution in [3.05, 3.63) is 68.5 Å². The number of thioether (sulfide) groups is 1. The Balaban J connectivity index is 1.69. The summed E-state index contributed by atoms with van der Waals surface area (Å²) in [7, 11) is 0. The first-order valence-electron chi connectivity index (χ1n) is 7.87. The number of ether oxygens (including phenoxy) is 1. The van der Waals surface area contributed by atoms with Crippen LogP contribution in [0.1, 0.15) is 18.1 Å². The summed E-state index contributed by atoms with van der Waals surface area (Å²) in [6.07, 6.45) is 1.70. The van der Waals surface area contributed by atoms with Crippen LogP contribution in [-0.2, 0) is 16.2 Å². The maximum atomic E-state index is 11.9. The summed E-state index contributed by atoms with van der Waals surface area (Å²) in [6.45, 7) is 1.66. The highest BCUT2D eigenvalue weighted by Gasteiger charge is 2.22. The number of rotatable bonds is 4. The molecule has 138 valence electrons. The monoisotopic (exact) mass is 420 g/mol. The van der Waals surface area contributed by atoms with E-state index < -0.39 is 0 Å². The second-order valence-electron chi connectivity index (χ2n) is 5.61. The van der Waals surface area contributed by atoms with Gasteiger partial charge in [-0.15, -0.1) is 0 Å². The summed E-state index contributed by atoms with van der Waals surface area (Å²) in [4.78, 5) is 27.3. The third-order valence-corrected chi connectivity index (χ3v) is 4.95. The summed E-state index contributed by atoms with van der Waals surface area (Å²) < 4.78 is 5.78. The summed E-state index contributed by atoms with van der Waals surface area (Å²) in [6, 6.07) is 12.5. The minimum Gasteiger partial charge on any atom is -0.489 e. The maximum absolute atomic E-state index is 11.9. The predicted octanol–water partition coefficient (Wildman–Crippen LogP) is 4.68. The van der Waals surface area contributed by atoms with Crippen LogP contribution < -0.4 is 10.1 Å². The number of hydrogen-bond acceptors (Lipinski definition) is 4. The molecular weight excluding hydrogens is 407 g/mol. The molecular formula is C19H14Cl2N2O3S. The molecule has 1 heterocycles. The molecule has 0 radical (unpaired) electrons. The van der Waals surface area contributed by atoms with Gasteiger partial charge in [0.2, 0.25) is 5.91 Å². The first kappa shape index (κ1) is 19.5. The molecule has 1 aliphatic rings. The summed E-state index contributed by atoms with van der Waals surface area (Å²) >= 11 is 13.2. The van der Waals surface area contributed by atoms with Crippen molar-refractivity contribution in [2.24, 2.45) is 4.99 Å². The number of amidine groups is 1. The van der Waals surface area contributed by atoms with E-state index in [0.717, 1.165) is 22.9 Å². The van der Waals surface area contributed by atoms with E-state index in [-0.39, 0.29) is 17.0 Å². The third-order valence-electron chi connectivity index (χ3n) is 3.47. The minimum absolute atomic E-state index is 0.272. The van der Waals surface area contributed by atoms with Gasteiger partial charge in [-0.1, -0.05) is 41.4 Å². The van der Waals surface area contributed by atoms with Crippen molar-refractivity contribution in [2.75, 3.05) is 0 Å². The van der Waals surface area contributed by atoms with Gasteiger partial charge in [-0.05, 0) is 47.7 Å². The van der Waals surface area contributed by atoms with E-state index in [2.05, 4.69) is 10.3 Å². The van der Waals surface area contributed by atoms with Crippen LogP contribution in [0.4, 0.5) is 0 Å². The van der Waals surface area contributed by atoms with Crippen molar-refractivity contribution in [2.45, 2.75) is 13.5 Å². The van der Waals surface area contributed by atoms with Gasteiger partial charge in [-0.25, -0.2) is 0 Å². The van der Waals surface area contributed by atoms with Crippen molar-refractivity contribution in [3.63, 3.8) is 0 Å². The highest BCUT2D eigenvalue weighted by atomic mass is 35.5. The molecule has 2 aromatic carbocycles. The zero-order chi connectivity index (χ0) is 19.4. The van der Waals surface area contributed by atoms with Gasteiger partial charge >= 0.3 is 0 Å². The molecule has 8 heteroatoms. The van der Waals surface area contributed by atoms with E-state index in [1.165, 1.54) is 6.92 Å². The molecule has 2 amide bonds. The maximum Gasteiger partial charge on any atom is 0.286 e. The molecule has 1 N–H and O–H groups in total. The Morgan fingerprint density at radius 1 is 1.26 bits per heavy atom. The van der Waals surface area contributed by atoms with Crippen LogP contribution in [-0.4, -0.2) is 17.0 Å². The summed E-state index contributed by atoms with van der Waals surface area (Å²) in [5.41, 5.74) is 1.60. The largest absolute Gasteiger partial charge is 0.489 e. The molecule has 0 spiro atoms. The smallest absolute Gasteiger partial charge is 0.286 e. The fourth-order valence-electron chi connectivity index (χ4n) is 2.26. The molecule has 0 aromatic heterocycles. The molecule has 0 bridgehead atoms. The lowest BCUT2D eigenvalue weighted by molar-refractivity contribution is -0.117. The molecule has 5 nitrogen and oxygen atoms in total. The SMILES string of the molecule is CC(=O)NC1=NC(=O)/C(=C/c2cccc(OCc3ccc(Cl)cc3Cl)c2)S1. The Kier molecular flexibility index (Phi) is 6.21. The van der Waals surface area contributed by atoms with Crippen LogP contribution in [0.15, 0.2) is 52.4 Å². The quantitative estimate of drug-likeness (QED) is 0.729. The highest BCUT2D eigenvalue weighted by molar-refractivity contribution is 8.18. The average molecular weight is 421 g/mol. The van der Waals surface area contributed by atoms with Gasteiger partial charge < -0.3 is 10.1 Å². The Labute approximate surface area is 170 Å². The molecule has 0 fully saturated rings. The molecule has 1 aliphatic heterocycles. The fourth-order valence-corrected chi connectivity index (χ4v) is 3.58. The second-order valence-corrected chi connectivity index (χ2v) is 7.49. The molecule has 3 rings (SSSR count). The Morgan fingerprint density at radius 2 is 2.07 bits per heavy atom. The van der Waals surface area contributed by atoms with Crippen LogP contribution in [0, 0.1) is 0 Å². The number of benzene rings is 2. The van der Waals surface area contributed by atoms with E-state index in [9.17, 15) is 9.59 Å². The van der Waals surface area contributed by atoms with E-state index >= 15 is 0 Å². The standard InChI is InChI=1S/C19H14Cl2N2O3S/c1-11(24)22-19-23-18(25)17(27-19)8-12-3-2-4-15(7-12)26-10-13-5-6-14(20)9-16(13)21/h2-9H,10H2,1H3,(H,22,23,24,25)/b17-8-. The second kappa shape index (κ2) is 8.61. The first-order chi connectivity index (χ1) is 12.9. The molecule has 2 aromatic rings. The molecule has 0 saturated heterocycles. The zero-order valence-electron chi connectivity index (χ0n) is 14.2. The highest BCUT2D eigenvalue weighted by Crippen LogP contribution is 2.29. The molecule has 0 unspecified atom stereocenters. The zero-order valence-corrected chi connectivity index (χ0v) is 16.5. The average Bonchev–Trinajstić information content (AvgIpc) is 2.93. The van der Waals surface area contributed by atoms with Crippen LogP contribution in [0.25, 0.3) is 6.08 Å². The first-order valence-corrected chi connectivity index (χ1v) is 9.45. The van der Waals surface area contributed by atoms with Crippen molar-refractivity contribution in [1.29, 1.82) is 0 Å². The van der Waals surface area contributed by atoms with E-state index in [4.69, 9.17) is 27.9 Å². The van der Waals surface area contributed by atoms with E-state index in [0.29, 0.717) is 27.3 Å². The van der Waals surface area contributed by atoms with E-state index in [1.54, 1.807) is 24.3 Å². The van der Waals surface area contributed by atoms with Crippen molar-refractivity contribution in [3.8, 4) is 5.75 Å². The van der Waals surface area contributed by atoms with Crippen LogP contribution in [0.3, 0.4) is 0 Å². The number of carbonyl (C=O) groups excluding carboxylic acids is 2. The van der Waals surface area contributed by atoms with Gasteiger partial charge in [0, 0.05) is 22.5 Å². The summed E-state index contributed by atoms with van der Waals surface area (Å²) in [5, 5.41) is 3.90. The number of amides is 2. The van der Waals surface area contributed by atoms with Gasteiger partial charge in [0.15, 0.2) is 5.17 Å². The number of halogens is 2. The van der Waals surface area contributed by atoms with Crippen molar-refractivity contribution in [1.82, 2.24) is 5.32 Å². The third kappa shape index (κ3) is 5.35.